The third-order valence-corrected chi connectivity index (χ3v) is 10.7. The summed E-state index contributed by atoms with van der Waals surface area (Å²) in [5.74, 6) is -0.107. The molecule has 0 heterocycles. The van der Waals surface area contributed by atoms with Crippen LogP contribution in [0, 0.1) is 0 Å². The third-order valence-electron chi connectivity index (χ3n) is 10.7. The Morgan fingerprint density at radius 2 is 0.909 bits per heavy atom. The van der Waals surface area contributed by atoms with E-state index in [0.717, 1.165) is 64.2 Å². The lowest BCUT2D eigenvalue weighted by Gasteiger charge is -2.20. The minimum Gasteiger partial charge on any atom is -0.466 e. The van der Waals surface area contributed by atoms with Gasteiger partial charge < -0.3 is 20.3 Å². The van der Waals surface area contributed by atoms with Gasteiger partial charge in [-0.2, -0.15) is 0 Å². The Bertz CT molecular complexity index is 900. The molecule has 0 saturated carbocycles. The number of carbonyl (C=O) groups is 2. The second-order valence-corrected chi connectivity index (χ2v) is 16.1. The zero-order valence-electron chi connectivity index (χ0n) is 36.4. The van der Waals surface area contributed by atoms with Gasteiger partial charge in [0.15, 0.2) is 0 Å². The van der Waals surface area contributed by atoms with Crippen LogP contribution in [0.5, 0.6) is 0 Å². The van der Waals surface area contributed by atoms with E-state index in [1.807, 2.05) is 6.08 Å². The number of rotatable bonds is 43. The maximum absolute atomic E-state index is 12.3. The van der Waals surface area contributed by atoms with Crippen LogP contribution in [-0.2, 0) is 14.3 Å². The summed E-state index contributed by atoms with van der Waals surface area (Å²) in [6.07, 6.45) is 52.8. The smallest absolute Gasteiger partial charge is 0.305 e. The van der Waals surface area contributed by atoms with Crippen molar-refractivity contribution in [3.63, 3.8) is 0 Å². The Labute approximate surface area is 341 Å². The fourth-order valence-corrected chi connectivity index (χ4v) is 6.95. The summed E-state index contributed by atoms with van der Waals surface area (Å²) >= 11 is 0. The second-order valence-electron chi connectivity index (χ2n) is 16.1. The molecule has 0 aromatic heterocycles. The third kappa shape index (κ3) is 41.5. The topological polar surface area (TPSA) is 95.9 Å². The summed E-state index contributed by atoms with van der Waals surface area (Å²) in [4.78, 5) is 24.4. The van der Waals surface area contributed by atoms with Gasteiger partial charge in [-0.05, 0) is 64.2 Å². The Balaban J connectivity index is 3.47. The fourth-order valence-electron chi connectivity index (χ4n) is 6.95. The van der Waals surface area contributed by atoms with E-state index in [-0.39, 0.29) is 18.5 Å². The first-order valence-electron chi connectivity index (χ1n) is 23.8. The molecule has 0 aliphatic heterocycles. The molecule has 0 rings (SSSR count). The highest BCUT2D eigenvalue weighted by atomic mass is 16.5. The Kier molecular flexibility index (Phi) is 43.2. The molecule has 0 spiro atoms. The van der Waals surface area contributed by atoms with Gasteiger partial charge in [-0.15, -0.1) is 0 Å². The van der Waals surface area contributed by atoms with Crippen LogP contribution in [0.25, 0.3) is 0 Å². The minimum absolute atomic E-state index is 0.0216. The highest BCUT2D eigenvalue weighted by Gasteiger charge is 2.18. The first-order valence-corrected chi connectivity index (χ1v) is 23.8. The largest absolute Gasteiger partial charge is 0.466 e. The lowest BCUT2D eigenvalue weighted by molar-refractivity contribution is -0.143. The molecule has 0 aliphatic carbocycles. The van der Waals surface area contributed by atoms with Crippen LogP contribution < -0.4 is 5.32 Å². The SMILES string of the molecule is CCCCCC/C=C\C/C=C\CCCCCCCC(=O)OCCCCCCCCCCCCCCCC(=O)NC(CO)C(O)/C=C/CCCCCCCCC. The number of hydrogen-bond acceptors (Lipinski definition) is 5. The maximum Gasteiger partial charge on any atom is 0.305 e. The number of carbonyl (C=O) groups excluding carboxylic acids is 2. The number of allylic oxidation sites excluding steroid dienone is 5. The van der Waals surface area contributed by atoms with Crippen molar-refractivity contribution in [2.45, 2.75) is 251 Å². The molecule has 0 aromatic carbocycles. The lowest BCUT2D eigenvalue weighted by atomic mass is 10.0. The number of hydrogen-bond donors (Lipinski definition) is 3. The van der Waals surface area contributed by atoms with E-state index in [4.69, 9.17) is 4.74 Å². The molecule has 322 valence electrons. The number of ether oxygens (including phenoxy) is 1. The molecule has 2 unspecified atom stereocenters. The molecular formula is C49H91NO5. The van der Waals surface area contributed by atoms with Crippen LogP contribution in [-0.4, -0.2) is 47.4 Å². The zero-order chi connectivity index (χ0) is 40.1. The summed E-state index contributed by atoms with van der Waals surface area (Å²) in [6.45, 7) is 4.81. The molecule has 0 fully saturated rings. The number of aliphatic hydroxyl groups excluding tert-OH is 2. The van der Waals surface area contributed by atoms with Gasteiger partial charge in [0.2, 0.25) is 5.91 Å². The quantitative estimate of drug-likeness (QED) is 0.0326. The predicted octanol–water partition coefficient (Wildman–Crippen LogP) is 13.7. The van der Waals surface area contributed by atoms with Crippen LogP contribution in [0.15, 0.2) is 36.5 Å². The van der Waals surface area contributed by atoms with Gasteiger partial charge in [-0.1, -0.05) is 198 Å². The van der Waals surface area contributed by atoms with E-state index < -0.39 is 12.1 Å². The first kappa shape index (κ1) is 53.1. The summed E-state index contributed by atoms with van der Waals surface area (Å²) in [5, 5.41) is 22.9. The van der Waals surface area contributed by atoms with Gasteiger partial charge in [0.05, 0.1) is 25.4 Å². The molecular weight excluding hydrogens is 683 g/mol. The Morgan fingerprint density at radius 1 is 0.509 bits per heavy atom. The van der Waals surface area contributed by atoms with E-state index in [1.54, 1.807) is 6.08 Å². The molecule has 6 nitrogen and oxygen atoms in total. The summed E-state index contributed by atoms with van der Waals surface area (Å²) in [6, 6.07) is -0.636. The van der Waals surface area contributed by atoms with Crippen molar-refractivity contribution in [2.75, 3.05) is 13.2 Å². The molecule has 3 N–H and O–H groups in total. The van der Waals surface area contributed by atoms with Crippen molar-refractivity contribution in [2.24, 2.45) is 0 Å². The molecule has 55 heavy (non-hydrogen) atoms. The van der Waals surface area contributed by atoms with Crippen molar-refractivity contribution in [3.05, 3.63) is 36.5 Å². The maximum atomic E-state index is 12.3. The number of nitrogens with one attached hydrogen (secondary N) is 1. The van der Waals surface area contributed by atoms with Gasteiger partial charge in [0.25, 0.3) is 0 Å². The summed E-state index contributed by atoms with van der Waals surface area (Å²) in [5.41, 5.74) is 0. The van der Waals surface area contributed by atoms with Gasteiger partial charge in [-0.3, -0.25) is 9.59 Å². The molecule has 2 atom stereocenters. The van der Waals surface area contributed by atoms with Gasteiger partial charge in [0, 0.05) is 12.8 Å². The van der Waals surface area contributed by atoms with E-state index in [2.05, 4.69) is 43.5 Å². The van der Waals surface area contributed by atoms with Gasteiger partial charge >= 0.3 is 5.97 Å². The number of unbranched alkanes of at least 4 members (excludes halogenated alkanes) is 28. The molecule has 6 heteroatoms. The van der Waals surface area contributed by atoms with E-state index >= 15 is 0 Å². The van der Waals surface area contributed by atoms with E-state index in [0.29, 0.717) is 19.4 Å². The number of aliphatic hydroxyl groups is 2. The van der Waals surface area contributed by atoms with Crippen molar-refractivity contribution in [1.82, 2.24) is 5.32 Å². The van der Waals surface area contributed by atoms with Crippen molar-refractivity contribution < 1.29 is 24.5 Å². The Morgan fingerprint density at radius 3 is 1.40 bits per heavy atom. The van der Waals surface area contributed by atoms with Crippen molar-refractivity contribution in [3.8, 4) is 0 Å². The van der Waals surface area contributed by atoms with Crippen LogP contribution in [0.2, 0.25) is 0 Å². The average molecular weight is 774 g/mol. The Hall–Kier alpha value is -1.92. The molecule has 0 aromatic rings. The van der Waals surface area contributed by atoms with Crippen molar-refractivity contribution in [1.29, 1.82) is 0 Å². The molecule has 0 bridgehead atoms. The van der Waals surface area contributed by atoms with Crippen molar-refractivity contribution >= 4 is 11.9 Å². The summed E-state index contributed by atoms with van der Waals surface area (Å²) < 4.78 is 5.45. The van der Waals surface area contributed by atoms with E-state index in [9.17, 15) is 19.8 Å². The molecule has 1 amide bonds. The number of amides is 1. The highest BCUT2D eigenvalue weighted by molar-refractivity contribution is 5.76. The zero-order valence-corrected chi connectivity index (χ0v) is 36.4. The second kappa shape index (κ2) is 44.8. The standard InChI is InChI=1S/C49H91NO5/c1-3-5-7-9-11-13-14-15-16-17-20-23-27-31-35-39-43-49(54)55-44-40-36-32-28-24-21-18-19-22-26-30-34-38-42-48(53)50-46(45-51)47(52)41-37-33-29-25-12-10-8-6-4-2/h13-14,16-17,37,41,46-47,51-52H,3-12,15,18-36,38-40,42-45H2,1-2H3,(H,50,53)/b14-13-,17-16-,41-37+. The van der Waals surface area contributed by atoms with Gasteiger partial charge in [0.1, 0.15) is 0 Å². The minimum atomic E-state index is -0.851. The normalized spacial score (nSPS) is 13.0. The van der Waals surface area contributed by atoms with Crippen LogP contribution in [0.1, 0.15) is 239 Å². The van der Waals surface area contributed by atoms with E-state index in [1.165, 1.54) is 148 Å². The van der Waals surface area contributed by atoms with Gasteiger partial charge in [-0.25, -0.2) is 0 Å². The first-order chi connectivity index (χ1) is 27.0. The molecule has 0 aliphatic rings. The molecule has 0 saturated heterocycles. The molecule has 0 radical (unpaired) electrons. The fraction of sp³-hybridized carbons (Fsp3) is 0.837. The highest BCUT2D eigenvalue weighted by Crippen LogP contribution is 2.14. The lowest BCUT2D eigenvalue weighted by Crippen LogP contribution is -2.45. The summed E-state index contributed by atoms with van der Waals surface area (Å²) in [7, 11) is 0. The monoisotopic (exact) mass is 774 g/mol. The predicted molar refractivity (Wildman–Crippen MR) is 236 cm³/mol. The number of esters is 1. The van der Waals surface area contributed by atoms with Crippen LogP contribution in [0.4, 0.5) is 0 Å². The van der Waals surface area contributed by atoms with Crippen LogP contribution >= 0.6 is 0 Å². The van der Waals surface area contributed by atoms with Crippen LogP contribution in [0.3, 0.4) is 0 Å². The average Bonchev–Trinajstić information content (AvgIpc) is 3.18.